The van der Waals surface area contributed by atoms with Gasteiger partial charge in [-0.3, -0.25) is 9.78 Å². The molecule has 0 unspecified atom stereocenters. The smallest absolute Gasteiger partial charge is 0.261 e. The van der Waals surface area contributed by atoms with Crippen molar-refractivity contribution in [2.24, 2.45) is 0 Å². The standard InChI is InChI=1S/C9H10N4O/c1-2-10-9-12-7-6(8(14)13-9)4-3-5-11-7/h3-5H,2H2,1H3,(H2,10,11,12,13,14). The molecule has 0 amide bonds. The van der Waals surface area contributed by atoms with Crippen LogP contribution in [0.1, 0.15) is 6.92 Å². The Morgan fingerprint density at radius 1 is 1.57 bits per heavy atom. The highest BCUT2D eigenvalue weighted by Gasteiger charge is 2.02. The zero-order valence-electron chi connectivity index (χ0n) is 7.74. The second kappa shape index (κ2) is 3.45. The van der Waals surface area contributed by atoms with E-state index in [1.165, 1.54) is 0 Å². The summed E-state index contributed by atoms with van der Waals surface area (Å²) < 4.78 is 0. The van der Waals surface area contributed by atoms with Crippen LogP contribution >= 0.6 is 0 Å². The molecule has 2 N–H and O–H groups in total. The maximum Gasteiger partial charge on any atom is 0.261 e. The number of hydrogen-bond donors (Lipinski definition) is 2. The van der Waals surface area contributed by atoms with Crippen molar-refractivity contribution in [1.82, 2.24) is 15.0 Å². The molecule has 0 bridgehead atoms. The summed E-state index contributed by atoms with van der Waals surface area (Å²) in [6, 6.07) is 3.41. The van der Waals surface area contributed by atoms with Gasteiger partial charge in [-0.2, -0.15) is 4.98 Å². The predicted molar refractivity (Wildman–Crippen MR) is 54.3 cm³/mol. The van der Waals surface area contributed by atoms with Gasteiger partial charge >= 0.3 is 0 Å². The van der Waals surface area contributed by atoms with Gasteiger partial charge in [0, 0.05) is 12.7 Å². The fourth-order valence-corrected chi connectivity index (χ4v) is 1.22. The summed E-state index contributed by atoms with van der Waals surface area (Å²) in [5.41, 5.74) is 0.297. The largest absolute Gasteiger partial charge is 0.356 e. The highest BCUT2D eigenvalue weighted by Crippen LogP contribution is 2.03. The second-order valence-corrected chi connectivity index (χ2v) is 2.82. The number of hydrogen-bond acceptors (Lipinski definition) is 4. The van der Waals surface area contributed by atoms with Crippen molar-refractivity contribution >= 4 is 17.0 Å². The summed E-state index contributed by atoms with van der Waals surface area (Å²) in [4.78, 5) is 22.3. The number of nitrogens with zero attached hydrogens (tertiary/aromatic N) is 2. The summed E-state index contributed by atoms with van der Waals surface area (Å²) in [5, 5.41) is 3.44. The molecule has 0 atom stereocenters. The van der Waals surface area contributed by atoms with Crippen LogP contribution in [0, 0.1) is 0 Å². The molecule has 0 saturated heterocycles. The number of aromatic amines is 1. The molecule has 2 rings (SSSR count). The van der Waals surface area contributed by atoms with Crippen LogP contribution in [0.15, 0.2) is 23.1 Å². The molecule has 0 fully saturated rings. The average Bonchev–Trinajstić information content (AvgIpc) is 2.18. The van der Waals surface area contributed by atoms with Crippen LogP contribution in [0.25, 0.3) is 11.0 Å². The van der Waals surface area contributed by atoms with E-state index in [-0.39, 0.29) is 5.56 Å². The summed E-state index contributed by atoms with van der Waals surface area (Å²) in [7, 11) is 0. The third kappa shape index (κ3) is 1.44. The van der Waals surface area contributed by atoms with Crippen molar-refractivity contribution in [2.45, 2.75) is 6.92 Å². The molecular weight excluding hydrogens is 180 g/mol. The van der Waals surface area contributed by atoms with Gasteiger partial charge in [0.2, 0.25) is 5.95 Å². The monoisotopic (exact) mass is 190 g/mol. The zero-order chi connectivity index (χ0) is 9.97. The molecule has 14 heavy (non-hydrogen) atoms. The van der Waals surface area contributed by atoms with E-state index in [1.807, 2.05) is 6.92 Å². The Bertz CT molecular complexity index is 505. The van der Waals surface area contributed by atoms with Gasteiger partial charge in [-0.25, -0.2) is 4.98 Å². The number of H-pyrrole nitrogens is 1. The van der Waals surface area contributed by atoms with Crippen LogP contribution in [-0.2, 0) is 0 Å². The van der Waals surface area contributed by atoms with Crippen LogP contribution in [0.3, 0.4) is 0 Å². The molecule has 0 spiro atoms. The van der Waals surface area contributed by atoms with Gasteiger partial charge in [0.05, 0.1) is 5.39 Å². The fraction of sp³-hybridized carbons (Fsp3) is 0.222. The Labute approximate surface area is 80.2 Å². The van der Waals surface area contributed by atoms with Crippen molar-refractivity contribution in [3.63, 3.8) is 0 Å². The molecule has 0 aliphatic heterocycles. The normalized spacial score (nSPS) is 10.4. The van der Waals surface area contributed by atoms with Crippen LogP contribution in [0.2, 0.25) is 0 Å². The molecular formula is C9H10N4O. The van der Waals surface area contributed by atoms with Crippen molar-refractivity contribution in [1.29, 1.82) is 0 Å². The molecule has 0 aromatic carbocycles. The minimum absolute atomic E-state index is 0.168. The zero-order valence-corrected chi connectivity index (χ0v) is 7.74. The first kappa shape index (κ1) is 8.68. The van der Waals surface area contributed by atoms with Crippen LogP contribution in [0.4, 0.5) is 5.95 Å². The first-order valence-corrected chi connectivity index (χ1v) is 4.40. The summed E-state index contributed by atoms with van der Waals surface area (Å²) in [6.07, 6.45) is 1.62. The Morgan fingerprint density at radius 2 is 2.43 bits per heavy atom. The number of pyridine rings is 1. The van der Waals surface area contributed by atoms with Gasteiger partial charge in [0.1, 0.15) is 0 Å². The third-order valence-corrected chi connectivity index (χ3v) is 1.83. The fourth-order valence-electron chi connectivity index (χ4n) is 1.22. The molecule has 2 heterocycles. The second-order valence-electron chi connectivity index (χ2n) is 2.82. The number of fused-ring (bicyclic) bond motifs is 1. The minimum Gasteiger partial charge on any atom is -0.356 e. The molecule has 0 saturated carbocycles. The van der Waals surface area contributed by atoms with Gasteiger partial charge in [0.15, 0.2) is 5.65 Å². The maximum atomic E-state index is 11.5. The van der Waals surface area contributed by atoms with Gasteiger partial charge in [0.25, 0.3) is 5.56 Å². The lowest BCUT2D eigenvalue weighted by molar-refractivity contribution is 1.08. The van der Waals surface area contributed by atoms with Gasteiger partial charge in [-0.15, -0.1) is 0 Å². The topological polar surface area (TPSA) is 70.7 Å². The molecule has 0 aliphatic carbocycles. The molecule has 5 nitrogen and oxygen atoms in total. The van der Waals surface area contributed by atoms with Crippen molar-refractivity contribution < 1.29 is 0 Å². The Kier molecular flexibility index (Phi) is 2.14. The van der Waals surface area contributed by atoms with E-state index in [1.54, 1.807) is 18.3 Å². The Balaban J connectivity index is 2.66. The molecule has 2 aromatic heterocycles. The highest BCUT2D eigenvalue weighted by molar-refractivity contribution is 5.73. The lowest BCUT2D eigenvalue weighted by Crippen LogP contribution is -2.13. The predicted octanol–water partition coefficient (Wildman–Crippen LogP) is 0.750. The first-order chi connectivity index (χ1) is 6.81. The molecule has 0 radical (unpaired) electrons. The van der Waals surface area contributed by atoms with E-state index in [9.17, 15) is 4.79 Å². The lowest BCUT2D eigenvalue weighted by Gasteiger charge is -2.01. The van der Waals surface area contributed by atoms with Gasteiger partial charge < -0.3 is 5.32 Å². The van der Waals surface area contributed by atoms with Crippen LogP contribution < -0.4 is 10.9 Å². The van der Waals surface area contributed by atoms with Crippen molar-refractivity contribution in [3.8, 4) is 0 Å². The quantitative estimate of drug-likeness (QED) is 0.733. The number of rotatable bonds is 2. The van der Waals surface area contributed by atoms with E-state index in [0.29, 0.717) is 23.5 Å². The van der Waals surface area contributed by atoms with Gasteiger partial charge in [-0.1, -0.05) is 0 Å². The van der Waals surface area contributed by atoms with E-state index in [0.717, 1.165) is 0 Å². The number of nitrogens with one attached hydrogen (secondary N) is 2. The maximum absolute atomic E-state index is 11.5. The summed E-state index contributed by atoms with van der Waals surface area (Å²) >= 11 is 0. The third-order valence-electron chi connectivity index (χ3n) is 1.83. The van der Waals surface area contributed by atoms with E-state index in [2.05, 4.69) is 20.3 Å². The van der Waals surface area contributed by atoms with Crippen LogP contribution in [-0.4, -0.2) is 21.5 Å². The number of anilines is 1. The van der Waals surface area contributed by atoms with Crippen molar-refractivity contribution in [2.75, 3.05) is 11.9 Å². The SMILES string of the molecule is CCNc1nc2ncccc2c(=O)[nH]1. The van der Waals surface area contributed by atoms with E-state index in [4.69, 9.17) is 0 Å². The van der Waals surface area contributed by atoms with Crippen molar-refractivity contribution in [3.05, 3.63) is 28.7 Å². The summed E-state index contributed by atoms with van der Waals surface area (Å²) in [5.74, 6) is 0.462. The first-order valence-electron chi connectivity index (χ1n) is 4.40. The molecule has 72 valence electrons. The van der Waals surface area contributed by atoms with E-state index < -0.39 is 0 Å². The number of aromatic nitrogens is 3. The Hall–Kier alpha value is -1.91. The molecule has 0 aliphatic rings. The minimum atomic E-state index is -0.168. The summed E-state index contributed by atoms with van der Waals surface area (Å²) in [6.45, 7) is 2.64. The van der Waals surface area contributed by atoms with Crippen LogP contribution in [0.5, 0.6) is 0 Å². The average molecular weight is 190 g/mol. The molecule has 2 aromatic rings. The Morgan fingerprint density at radius 3 is 3.21 bits per heavy atom. The molecule has 5 heteroatoms. The lowest BCUT2D eigenvalue weighted by atomic mass is 10.3. The van der Waals surface area contributed by atoms with Gasteiger partial charge in [-0.05, 0) is 19.1 Å². The van der Waals surface area contributed by atoms with E-state index >= 15 is 0 Å². The highest BCUT2D eigenvalue weighted by atomic mass is 16.1.